The Hall–Kier alpha value is -1.88. The Labute approximate surface area is 112 Å². The molecule has 0 aliphatic carbocycles. The van der Waals surface area contributed by atoms with Crippen LogP contribution in [0.4, 0.5) is 0 Å². The monoisotopic (exact) mass is 261 g/mol. The van der Waals surface area contributed by atoms with E-state index in [4.69, 9.17) is 0 Å². The number of aromatic nitrogens is 2. The van der Waals surface area contributed by atoms with E-state index in [-0.39, 0.29) is 12.5 Å². The highest BCUT2D eigenvalue weighted by molar-refractivity contribution is 5.97. The Morgan fingerprint density at radius 3 is 3.00 bits per heavy atom. The van der Waals surface area contributed by atoms with E-state index in [0.717, 1.165) is 10.9 Å². The van der Waals surface area contributed by atoms with Crippen LogP contribution in [0.25, 0.3) is 10.9 Å². The van der Waals surface area contributed by atoms with Crippen LogP contribution in [0.5, 0.6) is 0 Å². The van der Waals surface area contributed by atoms with Crippen LogP contribution in [-0.2, 0) is 0 Å². The molecule has 2 rings (SSSR count). The molecule has 3 N–H and O–H groups in total. The van der Waals surface area contributed by atoms with Crippen LogP contribution in [0.15, 0.2) is 24.4 Å². The lowest BCUT2D eigenvalue weighted by molar-refractivity contribution is 0.0900. The van der Waals surface area contributed by atoms with Crippen molar-refractivity contribution < 1.29 is 9.90 Å². The van der Waals surface area contributed by atoms with Crippen LogP contribution in [0.1, 0.15) is 30.6 Å². The molecule has 5 heteroatoms. The van der Waals surface area contributed by atoms with Gasteiger partial charge < -0.3 is 10.4 Å². The summed E-state index contributed by atoms with van der Waals surface area (Å²) in [6.45, 7) is 4.36. The summed E-state index contributed by atoms with van der Waals surface area (Å²) in [6.07, 6.45) is 1.86. The summed E-state index contributed by atoms with van der Waals surface area (Å²) < 4.78 is 0. The molecule has 1 heterocycles. The van der Waals surface area contributed by atoms with Gasteiger partial charge in [0.1, 0.15) is 0 Å². The lowest BCUT2D eigenvalue weighted by Crippen LogP contribution is -2.32. The number of fused-ring (bicyclic) bond motifs is 1. The smallest absolute Gasteiger partial charge is 0.251 e. The first kappa shape index (κ1) is 13.5. The third kappa shape index (κ3) is 3.54. The van der Waals surface area contributed by atoms with Crippen molar-refractivity contribution in [1.29, 1.82) is 0 Å². The Balaban J connectivity index is 1.95. The van der Waals surface area contributed by atoms with Crippen LogP contribution < -0.4 is 5.32 Å². The average Bonchev–Trinajstić information content (AvgIpc) is 2.82. The number of rotatable bonds is 5. The van der Waals surface area contributed by atoms with Crippen LogP contribution in [0, 0.1) is 5.92 Å². The van der Waals surface area contributed by atoms with Crippen molar-refractivity contribution >= 4 is 16.8 Å². The zero-order valence-corrected chi connectivity index (χ0v) is 11.2. The SMILES string of the molecule is CC(C)CC(O)CNC(=O)c1ccc2[nH]ncc2c1. The summed E-state index contributed by atoms with van der Waals surface area (Å²) in [7, 11) is 0. The molecule has 0 fully saturated rings. The predicted molar refractivity (Wildman–Crippen MR) is 73.9 cm³/mol. The zero-order chi connectivity index (χ0) is 13.8. The summed E-state index contributed by atoms with van der Waals surface area (Å²) >= 11 is 0. The number of hydrogen-bond donors (Lipinski definition) is 3. The molecule has 0 aliphatic rings. The average molecular weight is 261 g/mol. The van der Waals surface area contributed by atoms with E-state index >= 15 is 0 Å². The highest BCUT2D eigenvalue weighted by Gasteiger charge is 2.11. The molecule has 1 amide bonds. The van der Waals surface area contributed by atoms with Crippen molar-refractivity contribution in [3.63, 3.8) is 0 Å². The second-order valence-electron chi connectivity index (χ2n) is 5.17. The van der Waals surface area contributed by atoms with Gasteiger partial charge in [0.15, 0.2) is 0 Å². The van der Waals surface area contributed by atoms with Gasteiger partial charge in [-0.2, -0.15) is 5.10 Å². The highest BCUT2D eigenvalue weighted by Crippen LogP contribution is 2.12. The molecule has 0 spiro atoms. The molecule has 0 aliphatic heterocycles. The van der Waals surface area contributed by atoms with Gasteiger partial charge in [0.25, 0.3) is 5.91 Å². The molecular formula is C14H19N3O2. The summed E-state index contributed by atoms with van der Waals surface area (Å²) in [5.41, 5.74) is 1.47. The van der Waals surface area contributed by atoms with Crippen molar-refractivity contribution in [1.82, 2.24) is 15.5 Å². The summed E-state index contributed by atoms with van der Waals surface area (Å²) in [6, 6.07) is 5.34. The Bertz CT molecular complexity index is 563. The first-order valence-electron chi connectivity index (χ1n) is 6.45. The number of nitrogens with one attached hydrogen (secondary N) is 2. The molecular weight excluding hydrogens is 242 g/mol. The van der Waals surface area contributed by atoms with Gasteiger partial charge in [-0.15, -0.1) is 0 Å². The van der Waals surface area contributed by atoms with Crippen molar-refractivity contribution in [2.45, 2.75) is 26.4 Å². The molecule has 1 aromatic heterocycles. The lowest BCUT2D eigenvalue weighted by Gasteiger charge is -2.13. The standard InChI is InChI=1S/C14H19N3O2/c1-9(2)5-12(18)8-15-14(19)10-3-4-13-11(6-10)7-16-17-13/h3-4,6-7,9,12,18H,5,8H2,1-2H3,(H,15,19)(H,16,17). The van der Waals surface area contributed by atoms with E-state index < -0.39 is 6.10 Å². The van der Waals surface area contributed by atoms with Gasteiger partial charge in [0.05, 0.1) is 17.8 Å². The molecule has 1 unspecified atom stereocenters. The minimum atomic E-state index is -0.499. The second-order valence-corrected chi connectivity index (χ2v) is 5.17. The molecule has 1 aromatic carbocycles. The van der Waals surface area contributed by atoms with Gasteiger partial charge in [-0.3, -0.25) is 9.89 Å². The van der Waals surface area contributed by atoms with Gasteiger partial charge in [0.2, 0.25) is 0 Å². The van der Waals surface area contributed by atoms with Gasteiger partial charge in [0, 0.05) is 17.5 Å². The number of nitrogens with zero attached hydrogens (tertiary/aromatic N) is 1. The predicted octanol–water partition coefficient (Wildman–Crippen LogP) is 1.70. The maximum Gasteiger partial charge on any atom is 0.251 e. The number of carbonyl (C=O) groups excluding carboxylic acids is 1. The molecule has 19 heavy (non-hydrogen) atoms. The van der Waals surface area contributed by atoms with Gasteiger partial charge in [-0.25, -0.2) is 0 Å². The van der Waals surface area contributed by atoms with Crippen LogP contribution in [-0.4, -0.2) is 33.9 Å². The second kappa shape index (κ2) is 5.84. The number of aromatic amines is 1. The Morgan fingerprint density at radius 1 is 1.47 bits per heavy atom. The number of hydrogen-bond acceptors (Lipinski definition) is 3. The largest absolute Gasteiger partial charge is 0.391 e. The minimum Gasteiger partial charge on any atom is -0.391 e. The van der Waals surface area contributed by atoms with Crippen LogP contribution in [0.2, 0.25) is 0 Å². The quantitative estimate of drug-likeness (QED) is 0.766. The number of amides is 1. The first-order chi connectivity index (χ1) is 9.06. The van der Waals surface area contributed by atoms with E-state index in [2.05, 4.69) is 15.5 Å². The van der Waals surface area contributed by atoms with E-state index in [1.54, 1.807) is 18.3 Å². The third-order valence-corrected chi connectivity index (χ3v) is 2.94. The summed E-state index contributed by atoms with van der Waals surface area (Å²) in [4.78, 5) is 11.9. The summed E-state index contributed by atoms with van der Waals surface area (Å²) in [5.74, 6) is 0.236. The van der Waals surface area contributed by atoms with E-state index in [9.17, 15) is 9.90 Å². The maximum absolute atomic E-state index is 11.9. The number of aliphatic hydroxyl groups excluding tert-OH is 1. The van der Waals surface area contributed by atoms with Crippen LogP contribution in [0.3, 0.4) is 0 Å². The molecule has 0 bridgehead atoms. The van der Waals surface area contributed by atoms with Crippen molar-refractivity contribution in [3.8, 4) is 0 Å². The zero-order valence-electron chi connectivity index (χ0n) is 11.2. The van der Waals surface area contributed by atoms with E-state index in [1.165, 1.54) is 0 Å². The molecule has 1 atom stereocenters. The molecule has 0 saturated carbocycles. The van der Waals surface area contributed by atoms with Gasteiger partial charge >= 0.3 is 0 Å². The topological polar surface area (TPSA) is 78.0 Å². The molecule has 102 valence electrons. The molecule has 5 nitrogen and oxygen atoms in total. The maximum atomic E-state index is 11.9. The highest BCUT2D eigenvalue weighted by atomic mass is 16.3. The summed E-state index contributed by atoms with van der Waals surface area (Å²) in [5, 5.41) is 20.1. The number of carbonyl (C=O) groups is 1. The fourth-order valence-electron chi connectivity index (χ4n) is 2.02. The lowest BCUT2D eigenvalue weighted by atomic mass is 10.1. The number of H-pyrrole nitrogens is 1. The Morgan fingerprint density at radius 2 is 2.26 bits per heavy atom. The number of benzene rings is 1. The fraction of sp³-hybridized carbons (Fsp3) is 0.429. The van der Waals surface area contributed by atoms with E-state index in [0.29, 0.717) is 17.9 Å². The van der Waals surface area contributed by atoms with Crippen molar-refractivity contribution in [3.05, 3.63) is 30.0 Å². The van der Waals surface area contributed by atoms with Crippen molar-refractivity contribution in [2.24, 2.45) is 5.92 Å². The van der Waals surface area contributed by atoms with E-state index in [1.807, 2.05) is 19.9 Å². The molecule has 0 radical (unpaired) electrons. The fourth-order valence-corrected chi connectivity index (χ4v) is 2.02. The van der Waals surface area contributed by atoms with Gasteiger partial charge in [-0.05, 0) is 30.5 Å². The minimum absolute atomic E-state index is 0.175. The molecule has 2 aromatic rings. The van der Waals surface area contributed by atoms with Gasteiger partial charge in [-0.1, -0.05) is 13.8 Å². The van der Waals surface area contributed by atoms with Crippen molar-refractivity contribution in [2.75, 3.05) is 6.54 Å². The Kier molecular flexibility index (Phi) is 4.16. The molecule has 0 saturated heterocycles. The third-order valence-electron chi connectivity index (χ3n) is 2.94. The normalized spacial score (nSPS) is 12.8. The first-order valence-corrected chi connectivity index (χ1v) is 6.45. The van der Waals surface area contributed by atoms with Crippen LogP contribution >= 0.6 is 0 Å². The number of aliphatic hydroxyl groups is 1.